The molecule has 1 aromatic carbocycles. The third kappa shape index (κ3) is 2.76. The molecule has 3 rings (SSSR count). The first-order valence-electron chi connectivity index (χ1n) is 6.67. The van der Waals surface area contributed by atoms with Crippen LogP contribution in [0.4, 0.5) is 5.82 Å². The molecule has 0 bridgehead atoms. The minimum atomic E-state index is -0.0378. The Hall–Kier alpha value is -1.88. The summed E-state index contributed by atoms with van der Waals surface area (Å²) in [5.41, 5.74) is 0.923. The van der Waals surface area contributed by atoms with E-state index in [1.807, 2.05) is 24.3 Å². The quantitative estimate of drug-likeness (QED) is 0.889. The van der Waals surface area contributed by atoms with Crippen LogP contribution in [0, 0.1) is 0 Å². The zero-order chi connectivity index (χ0) is 13.1. The van der Waals surface area contributed by atoms with E-state index in [0.717, 1.165) is 36.8 Å². The lowest BCUT2D eigenvalue weighted by molar-refractivity contribution is -0.119. The Morgan fingerprint density at radius 3 is 3.16 bits per heavy atom. The van der Waals surface area contributed by atoms with E-state index >= 15 is 0 Å². The third-order valence-electron chi connectivity index (χ3n) is 3.42. The highest BCUT2D eigenvalue weighted by Crippen LogP contribution is 2.21. The number of H-pyrrole nitrogens is 1. The average Bonchev–Trinajstić information content (AvgIpc) is 2.83. The Bertz CT molecular complexity index is 573. The number of nitrogens with zero attached hydrogens (tertiary/aromatic N) is 1. The highest BCUT2D eigenvalue weighted by atomic mass is 16.5. The van der Waals surface area contributed by atoms with Crippen LogP contribution in [0.25, 0.3) is 10.9 Å². The fraction of sp³-hybridized carbons (Fsp3) is 0.429. The van der Waals surface area contributed by atoms with E-state index in [9.17, 15) is 4.79 Å². The summed E-state index contributed by atoms with van der Waals surface area (Å²) >= 11 is 0. The van der Waals surface area contributed by atoms with Crippen LogP contribution in [0.1, 0.15) is 25.7 Å². The normalized spacial score (nSPS) is 19.5. The Labute approximate surface area is 111 Å². The van der Waals surface area contributed by atoms with Gasteiger partial charge < -0.3 is 10.1 Å². The van der Waals surface area contributed by atoms with Gasteiger partial charge in [-0.15, -0.1) is 0 Å². The number of hydrogen-bond donors (Lipinski definition) is 2. The van der Waals surface area contributed by atoms with Gasteiger partial charge in [-0.1, -0.05) is 12.1 Å². The standard InChI is InChI=1S/C14H17N3O2/c18-13(9-10-5-3-4-8-19-10)15-14-11-6-1-2-7-12(11)16-17-14/h1-2,6-7,10H,3-5,8-9H2,(H2,15,16,17,18). The summed E-state index contributed by atoms with van der Waals surface area (Å²) in [7, 11) is 0. The first kappa shape index (κ1) is 12.2. The minimum Gasteiger partial charge on any atom is -0.378 e. The lowest BCUT2D eigenvalue weighted by atomic mass is 10.1. The first-order valence-corrected chi connectivity index (χ1v) is 6.67. The van der Waals surface area contributed by atoms with Crippen LogP contribution in [0.3, 0.4) is 0 Å². The molecule has 0 saturated carbocycles. The van der Waals surface area contributed by atoms with Crippen molar-refractivity contribution in [2.45, 2.75) is 31.8 Å². The summed E-state index contributed by atoms with van der Waals surface area (Å²) in [6, 6.07) is 7.73. The van der Waals surface area contributed by atoms with Crippen molar-refractivity contribution in [3.8, 4) is 0 Å². The maximum Gasteiger partial charge on any atom is 0.228 e. The number of nitrogens with one attached hydrogen (secondary N) is 2. The molecule has 1 aliphatic rings. The first-order chi connectivity index (χ1) is 9.33. The van der Waals surface area contributed by atoms with Gasteiger partial charge in [-0.2, -0.15) is 5.10 Å². The molecule has 1 amide bonds. The maximum absolute atomic E-state index is 12.0. The van der Waals surface area contributed by atoms with Gasteiger partial charge in [0.2, 0.25) is 5.91 Å². The van der Waals surface area contributed by atoms with Crippen LogP contribution < -0.4 is 5.32 Å². The predicted octanol–water partition coefficient (Wildman–Crippen LogP) is 2.46. The number of para-hydroxylation sites is 1. The van der Waals surface area contributed by atoms with Gasteiger partial charge in [-0.3, -0.25) is 9.89 Å². The van der Waals surface area contributed by atoms with Gasteiger partial charge in [-0.25, -0.2) is 0 Å². The lowest BCUT2D eigenvalue weighted by Crippen LogP contribution is -2.25. The number of aromatic amines is 1. The number of amides is 1. The van der Waals surface area contributed by atoms with Crippen LogP contribution in [0.15, 0.2) is 24.3 Å². The van der Waals surface area contributed by atoms with Crippen molar-refractivity contribution in [1.29, 1.82) is 0 Å². The molecule has 0 spiro atoms. The maximum atomic E-state index is 12.0. The molecule has 1 aliphatic heterocycles. The molecule has 2 heterocycles. The number of hydrogen-bond acceptors (Lipinski definition) is 3. The number of rotatable bonds is 3. The molecular weight excluding hydrogens is 242 g/mol. The second-order valence-corrected chi connectivity index (χ2v) is 4.86. The summed E-state index contributed by atoms with van der Waals surface area (Å²) in [5.74, 6) is 0.556. The molecule has 5 nitrogen and oxygen atoms in total. The number of carbonyl (C=O) groups excluding carboxylic acids is 1. The van der Waals surface area contributed by atoms with E-state index in [1.165, 1.54) is 0 Å². The van der Waals surface area contributed by atoms with E-state index in [2.05, 4.69) is 15.5 Å². The molecular formula is C14H17N3O2. The van der Waals surface area contributed by atoms with Crippen LogP contribution in [-0.4, -0.2) is 28.8 Å². The van der Waals surface area contributed by atoms with Crippen molar-refractivity contribution in [2.24, 2.45) is 0 Å². The van der Waals surface area contributed by atoms with Crippen molar-refractivity contribution in [3.05, 3.63) is 24.3 Å². The zero-order valence-corrected chi connectivity index (χ0v) is 10.7. The van der Waals surface area contributed by atoms with E-state index in [4.69, 9.17) is 4.74 Å². The van der Waals surface area contributed by atoms with Crippen molar-refractivity contribution in [1.82, 2.24) is 10.2 Å². The lowest BCUT2D eigenvalue weighted by Gasteiger charge is -2.21. The number of benzene rings is 1. The second kappa shape index (κ2) is 5.40. The summed E-state index contributed by atoms with van der Waals surface area (Å²) in [5, 5.41) is 10.8. The van der Waals surface area contributed by atoms with Crippen LogP contribution in [-0.2, 0) is 9.53 Å². The molecule has 100 valence electrons. The zero-order valence-electron chi connectivity index (χ0n) is 10.7. The van der Waals surface area contributed by atoms with Crippen LogP contribution in [0.5, 0.6) is 0 Å². The average molecular weight is 259 g/mol. The molecule has 0 radical (unpaired) electrons. The molecule has 19 heavy (non-hydrogen) atoms. The van der Waals surface area contributed by atoms with E-state index in [0.29, 0.717) is 12.2 Å². The van der Waals surface area contributed by atoms with Gasteiger partial charge in [0.25, 0.3) is 0 Å². The Kier molecular flexibility index (Phi) is 3.46. The number of anilines is 1. The van der Waals surface area contributed by atoms with E-state index in [-0.39, 0.29) is 12.0 Å². The topological polar surface area (TPSA) is 67.0 Å². The van der Waals surface area contributed by atoms with Gasteiger partial charge in [0.05, 0.1) is 18.0 Å². The smallest absolute Gasteiger partial charge is 0.228 e. The molecule has 1 saturated heterocycles. The number of aromatic nitrogens is 2. The Morgan fingerprint density at radius 1 is 1.42 bits per heavy atom. The van der Waals surface area contributed by atoms with Gasteiger partial charge in [0.1, 0.15) is 0 Å². The van der Waals surface area contributed by atoms with Gasteiger partial charge in [-0.05, 0) is 31.4 Å². The largest absolute Gasteiger partial charge is 0.378 e. The summed E-state index contributed by atoms with van der Waals surface area (Å²) in [4.78, 5) is 12.0. The SMILES string of the molecule is O=C(CC1CCCCO1)Nc1n[nH]c2ccccc12. The van der Waals surface area contributed by atoms with Crippen molar-refractivity contribution in [3.63, 3.8) is 0 Å². The molecule has 0 aliphatic carbocycles. The molecule has 1 fully saturated rings. The van der Waals surface area contributed by atoms with Gasteiger partial charge in [0, 0.05) is 12.0 Å². The van der Waals surface area contributed by atoms with E-state index in [1.54, 1.807) is 0 Å². The molecule has 5 heteroatoms. The van der Waals surface area contributed by atoms with E-state index < -0.39 is 0 Å². The van der Waals surface area contributed by atoms with Crippen LogP contribution >= 0.6 is 0 Å². The van der Waals surface area contributed by atoms with Crippen molar-refractivity contribution < 1.29 is 9.53 Å². The van der Waals surface area contributed by atoms with Gasteiger partial charge in [0.15, 0.2) is 5.82 Å². The summed E-state index contributed by atoms with van der Waals surface area (Å²) in [6.45, 7) is 0.767. The molecule has 2 N–H and O–H groups in total. The predicted molar refractivity (Wildman–Crippen MR) is 72.9 cm³/mol. The van der Waals surface area contributed by atoms with Crippen molar-refractivity contribution >= 4 is 22.6 Å². The summed E-state index contributed by atoms with van der Waals surface area (Å²) in [6.07, 6.45) is 3.67. The molecule has 1 atom stereocenters. The second-order valence-electron chi connectivity index (χ2n) is 4.86. The minimum absolute atomic E-state index is 0.0378. The van der Waals surface area contributed by atoms with Crippen molar-refractivity contribution in [2.75, 3.05) is 11.9 Å². The molecule has 1 unspecified atom stereocenters. The highest BCUT2D eigenvalue weighted by Gasteiger charge is 2.18. The van der Waals surface area contributed by atoms with Gasteiger partial charge >= 0.3 is 0 Å². The number of fused-ring (bicyclic) bond motifs is 1. The fourth-order valence-corrected chi connectivity index (χ4v) is 2.42. The number of carbonyl (C=O) groups is 1. The third-order valence-corrected chi connectivity index (χ3v) is 3.42. The Balaban J connectivity index is 1.65. The monoisotopic (exact) mass is 259 g/mol. The highest BCUT2D eigenvalue weighted by molar-refractivity contribution is 5.99. The summed E-state index contributed by atoms with van der Waals surface area (Å²) < 4.78 is 5.57. The molecule has 1 aromatic heterocycles. The Morgan fingerprint density at radius 2 is 2.32 bits per heavy atom. The fourth-order valence-electron chi connectivity index (χ4n) is 2.42. The molecule has 2 aromatic rings. The van der Waals surface area contributed by atoms with Crippen LogP contribution in [0.2, 0.25) is 0 Å². The number of ether oxygens (including phenoxy) is 1.